The lowest BCUT2D eigenvalue weighted by molar-refractivity contribution is 0.590. The zero-order valence-electron chi connectivity index (χ0n) is 50.3. The summed E-state index contributed by atoms with van der Waals surface area (Å²) < 4.78 is 1.22. The molecule has 9 aromatic carbocycles. The average Bonchev–Trinajstić information content (AvgIpc) is 3.94. The average molecular weight is 1100 g/mol. The van der Waals surface area contributed by atoms with Crippen molar-refractivity contribution >= 4 is 84.2 Å². The summed E-state index contributed by atoms with van der Waals surface area (Å²) in [5.41, 5.74) is 19.6. The third-order valence-corrected chi connectivity index (χ3v) is 17.2. The van der Waals surface area contributed by atoms with Crippen molar-refractivity contribution in [2.45, 2.75) is 131 Å². The molecule has 0 aliphatic rings. The van der Waals surface area contributed by atoms with Crippen molar-refractivity contribution < 1.29 is 0 Å². The van der Waals surface area contributed by atoms with Crippen molar-refractivity contribution in [2.24, 2.45) is 0 Å². The van der Waals surface area contributed by atoms with Gasteiger partial charge in [0, 0.05) is 49.5 Å². The predicted molar refractivity (Wildman–Crippen MR) is 355 cm³/mol. The summed E-state index contributed by atoms with van der Waals surface area (Å²) >= 11 is 10.2. The first-order chi connectivity index (χ1) is 38.2. The van der Waals surface area contributed by atoms with Gasteiger partial charge in [-0.05, 0) is 157 Å². The van der Waals surface area contributed by atoms with Crippen LogP contribution in [0.1, 0.15) is 132 Å². The van der Waals surface area contributed by atoms with Crippen molar-refractivity contribution in [3.8, 4) is 22.3 Å². The van der Waals surface area contributed by atoms with E-state index in [2.05, 4.69) is 330 Å². The van der Waals surface area contributed by atoms with Gasteiger partial charge >= 0.3 is 0 Å². The summed E-state index contributed by atoms with van der Waals surface area (Å²) in [6, 6.07) is 76.6. The molecule has 0 radical (unpaired) electrons. The number of hydrogen-bond donors (Lipinski definition) is 0. The van der Waals surface area contributed by atoms with E-state index < -0.39 is 0 Å². The van der Waals surface area contributed by atoms with Crippen LogP contribution < -0.4 is 14.7 Å². The molecule has 3 nitrogen and oxygen atoms in total. The molecule has 1 aromatic heterocycles. The van der Waals surface area contributed by atoms with Crippen LogP contribution in [0.15, 0.2) is 212 Å². The molecule has 0 aliphatic carbocycles. The monoisotopic (exact) mass is 1100 g/mol. The molecule has 10 rings (SSSR count). The number of benzene rings is 9. The maximum absolute atomic E-state index is 8.42. The van der Waals surface area contributed by atoms with Crippen molar-refractivity contribution in [2.75, 3.05) is 14.7 Å². The van der Waals surface area contributed by atoms with Crippen LogP contribution in [0.5, 0.6) is 0 Å². The lowest BCUT2D eigenvalue weighted by Crippen LogP contribution is -2.17. The molecule has 0 bridgehead atoms. The molecule has 0 saturated heterocycles. The van der Waals surface area contributed by atoms with Crippen LogP contribution >= 0.6 is 22.9 Å². The Bertz CT molecular complexity index is 3750. The third-order valence-electron chi connectivity index (χ3n) is 15.8. The number of anilines is 9. The molecule has 1 heterocycles. The van der Waals surface area contributed by atoms with Crippen LogP contribution in [0.3, 0.4) is 0 Å². The fourth-order valence-corrected chi connectivity index (χ4v) is 12.0. The zero-order valence-corrected chi connectivity index (χ0v) is 51.9. The fourth-order valence-electron chi connectivity index (χ4n) is 10.8. The summed E-state index contributed by atoms with van der Waals surface area (Å²) in [6.07, 6.45) is 0. The fraction of sp³-hybridized carbons (Fsp3) is 0.263. The molecule has 0 unspecified atom stereocenters. The van der Waals surface area contributed by atoms with E-state index in [1.807, 2.05) is 0 Å². The van der Waals surface area contributed by atoms with E-state index in [-0.39, 0.29) is 27.1 Å². The van der Waals surface area contributed by atoms with Gasteiger partial charge in [0.05, 0.1) is 27.8 Å². The molecular weight excluding hydrogens is 1020 g/mol. The quantitative estimate of drug-likeness (QED) is 0.128. The minimum Gasteiger partial charge on any atom is -0.310 e. The second-order valence-electron chi connectivity index (χ2n) is 27.0. The number of halogens is 1. The highest BCUT2D eigenvalue weighted by atomic mass is 35.5. The topological polar surface area (TPSA) is 9.72 Å². The van der Waals surface area contributed by atoms with Gasteiger partial charge in [-0.3, -0.25) is 0 Å². The molecule has 0 N–H and O–H groups in total. The van der Waals surface area contributed by atoms with Crippen LogP contribution in [-0.4, -0.2) is 0 Å². The second-order valence-corrected chi connectivity index (χ2v) is 28.3. The van der Waals surface area contributed by atoms with Gasteiger partial charge in [0.2, 0.25) is 0 Å². The normalized spacial score (nSPS) is 12.4. The first-order valence-corrected chi connectivity index (χ1v) is 29.9. The predicted octanol–water partition coefficient (Wildman–Crippen LogP) is 23.8. The number of fused-ring (bicyclic) bond motifs is 1. The summed E-state index contributed by atoms with van der Waals surface area (Å²) in [6.45, 7) is 34.2. The van der Waals surface area contributed by atoms with Crippen LogP contribution in [0.2, 0.25) is 5.02 Å². The van der Waals surface area contributed by atoms with E-state index in [0.717, 1.165) is 73.4 Å². The van der Waals surface area contributed by atoms with E-state index in [1.54, 1.807) is 11.3 Å². The second kappa shape index (κ2) is 21.8. The lowest BCUT2D eigenvalue weighted by atomic mass is 9.86. The molecule has 0 saturated carbocycles. The molecule has 412 valence electrons. The molecule has 0 aliphatic heterocycles. The largest absolute Gasteiger partial charge is 0.310 e. The Hall–Kier alpha value is -7.37. The summed E-state index contributed by atoms with van der Waals surface area (Å²) in [7, 11) is 0. The van der Waals surface area contributed by atoms with Gasteiger partial charge in [0.25, 0.3) is 0 Å². The Kier molecular flexibility index (Phi) is 15.3. The van der Waals surface area contributed by atoms with Crippen molar-refractivity contribution in [1.82, 2.24) is 0 Å². The molecule has 0 amide bonds. The van der Waals surface area contributed by atoms with Gasteiger partial charge in [-0.25, -0.2) is 0 Å². The lowest BCUT2D eigenvalue weighted by Gasteiger charge is -2.34. The van der Waals surface area contributed by atoms with Gasteiger partial charge in [0.15, 0.2) is 0 Å². The van der Waals surface area contributed by atoms with Crippen molar-refractivity contribution in [3.05, 3.63) is 244 Å². The van der Waals surface area contributed by atoms with Crippen LogP contribution in [0.25, 0.3) is 32.3 Å². The standard InChI is InChI=1S/C76H80ClN3S/c1-72(2,3)54-26-35-59(36-27-54)78(60-37-28-55(29-38-60)73(4,5)6)66-49-63(43-44-64(66)52-24-20-17-21-25-52)79(61-39-30-56(31-40-61)74(7,8)9)67-46-53(51-22-18-16-19-23-51)47-68(71(67)77)80(62-41-32-57(33-42-62)75(10,11)12)69-50-81-70-45-34-58(48-65(69)70)76(13,14)15/h16-50H,1-15H3. The molecule has 0 spiro atoms. The summed E-state index contributed by atoms with van der Waals surface area (Å²) in [5.74, 6) is 0. The van der Waals surface area contributed by atoms with E-state index in [4.69, 9.17) is 11.6 Å². The van der Waals surface area contributed by atoms with E-state index >= 15 is 0 Å². The highest BCUT2D eigenvalue weighted by Gasteiger charge is 2.30. The highest BCUT2D eigenvalue weighted by Crippen LogP contribution is 2.53. The highest BCUT2D eigenvalue weighted by molar-refractivity contribution is 7.17. The van der Waals surface area contributed by atoms with Gasteiger partial charge in [-0.15, -0.1) is 11.3 Å². The molecular formula is C76H80ClN3S. The smallest absolute Gasteiger partial charge is 0.0887 e. The minimum atomic E-state index is -0.0588. The maximum atomic E-state index is 8.42. The van der Waals surface area contributed by atoms with Crippen LogP contribution in [0, 0.1) is 0 Å². The SMILES string of the molecule is CC(C)(C)c1ccc(N(c2ccc(C(C)(C)C)cc2)c2cc(N(c3ccc(C(C)(C)C)cc3)c3cc(-c4ccccc4)cc(N(c4ccc(C(C)(C)C)cc4)c4csc5ccc(C(C)(C)C)cc45)c3Cl)ccc2-c2ccccc2)cc1. The maximum Gasteiger partial charge on any atom is 0.0887 e. The molecule has 5 heteroatoms. The Balaban J connectivity index is 1.29. The summed E-state index contributed by atoms with van der Waals surface area (Å²) in [5, 5.41) is 4.13. The van der Waals surface area contributed by atoms with Gasteiger partial charge in [-0.1, -0.05) is 237 Å². The molecule has 0 fully saturated rings. The van der Waals surface area contributed by atoms with E-state index in [9.17, 15) is 0 Å². The molecule has 0 atom stereocenters. The minimum absolute atomic E-state index is 0.0143. The number of rotatable bonds is 11. The van der Waals surface area contributed by atoms with Gasteiger partial charge < -0.3 is 14.7 Å². The molecule has 10 aromatic rings. The van der Waals surface area contributed by atoms with Gasteiger partial charge in [-0.2, -0.15) is 0 Å². The number of nitrogens with zero attached hydrogens (tertiary/aromatic N) is 3. The Morgan fingerprint density at radius 3 is 1.07 bits per heavy atom. The number of thiophene rings is 1. The Morgan fingerprint density at radius 1 is 0.296 bits per heavy atom. The van der Waals surface area contributed by atoms with Crippen LogP contribution in [-0.2, 0) is 27.1 Å². The van der Waals surface area contributed by atoms with E-state index in [1.165, 1.54) is 37.9 Å². The first kappa shape index (κ1) is 56.9. The zero-order chi connectivity index (χ0) is 57.8. The number of hydrogen-bond acceptors (Lipinski definition) is 4. The summed E-state index contributed by atoms with van der Waals surface area (Å²) in [4.78, 5) is 7.23. The van der Waals surface area contributed by atoms with E-state index in [0.29, 0.717) is 5.02 Å². The third kappa shape index (κ3) is 12.0. The van der Waals surface area contributed by atoms with Crippen molar-refractivity contribution in [3.63, 3.8) is 0 Å². The van der Waals surface area contributed by atoms with Crippen LogP contribution in [0.4, 0.5) is 51.2 Å². The first-order valence-electron chi connectivity index (χ1n) is 28.7. The Morgan fingerprint density at radius 2 is 0.654 bits per heavy atom. The van der Waals surface area contributed by atoms with Crippen molar-refractivity contribution in [1.29, 1.82) is 0 Å². The van der Waals surface area contributed by atoms with Gasteiger partial charge in [0.1, 0.15) is 0 Å². The molecule has 81 heavy (non-hydrogen) atoms. The Labute approximate surface area is 493 Å².